The van der Waals surface area contributed by atoms with E-state index in [9.17, 15) is 21.6 Å². The number of carbonyl (C=O) groups is 1. The van der Waals surface area contributed by atoms with Crippen molar-refractivity contribution in [3.63, 3.8) is 0 Å². The number of carbonyl (C=O) groups excluding carboxylic acids is 1. The summed E-state index contributed by atoms with van der Waals surface area (Å²) in [4.78, 5) is 21.1. The van der Waals surface area contributed by atoms with E-state index in [4.69, 9.17) is 9.47 Å². The maximum Gasteiger partial charge on any atom is 0.225 e. The third-order valence-electron chi connectivity index (χ3n) is 7.42. The molecule has 3 aliphatic rings. The molecule has 206 valence electrons. The molecule has 0 spiro atoms. The molecule has 1 atom stereocenters. The SMILES string of the molecule is CC(C)S(=O)(=O)c1cncc(N2CCOc3ccc(OC4CCN(C(=O)C5CCS(=O)(=O)CC5)C4)cc32)c1. The van der Waals surface area contributed by atoms with Gasteiger partial charge in [0, 0.05) is 31.1 Å². The highest BCUT2D eigenvalue weighted by Gasteiger charge is 2.35. The Hall–Kier alpha value is -2.86. The first-order chi connectivity index (χ1) is 18.0. The lowest BCUT2D eigenvalue weighted by molar-refractivity contribution is -0.135. The summed E-state index contributed by atoms with van der Waals surface area (Å²) in [6.45, 7) is 5.29. The van der Waals surface area contributed by atoms with Crippen LogP contribution in [-0.4, -0.2) is 81.7 Å². The minimum absolute atomic E-state index is 0.0137. The van der Waals surface area contributed by atoms with Crippen LogP contribution in [0.1, 0.15) is 33.1 Å². The minimum Gasteiger partial charge on any atom is -0.490 e. The Bertz CT molecular complexity index is 1410. The van der Waals surface area contributed by atoms with E-state index in [1.54, 1.807) is 31.0 Å². The van der Waals surface area contributed by atoms with E-state index < -0.39 is 24.9 Å². The molecule has 10 nitrogen and oxygen atoms in total. The summed E-state index contributed by atoms with van der Waals surface area (Å²) in [5.74, 6) is 1.21. The maximum absolute atomic E-state index is 12.9. The van der Waals surface area contributed by atoms with Crippen LogP contribution in [0.4, 0.5) is 11.4 Å². The number of hydrogen-bond acceptors (Lipinski definition) is 9. The van der Waals surface area contributed by atoms with E-state index in [1.807, 2.05) is 23.1 Å². The average Bonchev–Trinajstić information content (AvgIpc) is 3.36. The Labute approximate surface area is 223 Å². The largest absolute Gasteiger partial charge is 0.490 e. The summed E-state index contributed by atoms with van der Waals surface area (Å²) in [5, 5.41) is -0.555. The van der Waals surface area contributed by atoms with Crippen molar-refractivity contribution < 1.29 is 31.1 Å². The third kappa shape index (κ3) is 5.47. The van der Waals surface area contributed by atoms with Gasteiger partial charge in [0.2, 0.25) is 5.91 Å². The lowest BCUT2D eigenvalue weighted by atomic mass is 10.0. The van der Waals surface area contributed by atoms with Gasteiger partial charge in [-0.2, -0.15) is 0 Å². The molecule has 2 fully saturated rings. The van der Waals surface area contributed by atoms with Crippen LogP contribution in [0.25, 0.3) is 0 Å². The lowest BCUT2D eigenvalue weighted by Gasteiger charge is -2.32. The maximum atomic E-state index is 12.9. The van der Waals surface area contributed by atoms with Crippen LogP contribution in [0.3, 0.4) is 0 Å². The molecule has 1 aromatic heterocycles. The summed E-state index contributed by atoms with van der Waals surface area (Å²) in [6, 6.07) is 7.17. The predicted octanol–water partition coefficient (Wildman–Crippen LogP) is 2.60. The molecule has 1 unspecified atom stereocenters. The van der Waals surface area contributed by atoms with E-state index in [-0.39, 0.29) is 34.3 Å². The number of anilines is 2. The van der Waals surface area contributed by atoms with Gasteiger partial charge in [-0.15, -0.1) is 0 Å². The highest BCUT2D eigenvalue weighted by Crippen LogP contribution is 2.40. The quantitative estimate of drug-likeness (QED) is 0.522. The predicted molar refractivity (Wildman–Crippen MR) is 142 cm³/mol. The number of hydrogen-bond donors (Lipinski definition) is 0. The number of likely N-dealkylation sites (tertiary alicyclic amines) is 1. The van der Waals surface area contributed by atoms with Gasteiger partial charge in [0.05, 0.1) is 52.3 Å². The van der Waals surface area contributed by atoms with Crippen molar-refractivity contribution in [3.05, 3.63) is 36.7 Å². The van der Waals surface area contributed by atoms with Crippen molar-refractivity contribution in [2.75, 3.05) is 42.6 Å². The summed E-state index contributed by atoms with van der Waals surface area (Å²) < 4.78 is 60.9. The van der Waals surface area contributed by atoms with Gasteiger partial charge in [0.1, 0.15) is 34.0 Å². The van der Waals surface area contributed by atoms with Gasteiger partial charge in [-0.3, -0.25) is 9.78 Å². The molecule has 0 N–H and O–H groups in total. The van der Waals surface area contributed by atoms with Gasteiger partial charge in [-0.05, 0) is 44.9 Å². The zero-order valence-electron chi connectivity index (χ0n) is 21.6. The molecule has 2 aromatic rings. The van der Waals surface area contributed by atoms with Crippen LogP contribution in [0.5, 0.6) is 11.5 Å². The molecule has 1 amide bonds. The monoisotopic (exact) mass is 563 g/mol. The Balaban J connectivity index is 1.29. The van der Waals surface area contributed by atoms with Crippen molar-refractivity contribution in [1.82, 2.24) is 9.88 Å². The molecule has 4 heterocycles. The number of rotatable bonds is 6. The second-order valence-corrected chi connectivity index (χ2v) is 15.1. The molecule has 0 aliphatic carbocycles. The van der Waals surface area contributed by atoms with Crippen LogP contribution in [0, 0.1) is 5.92 Å². The molecule has 0 saturated carbocycles. The molecule has 1 aromatic carbocycles. The normalized spacial score (nSPS) is 21.7. The van der Waals surface area contributed by atoms with Gasteiger partial charge >= 0.3 is 0 Å². The van der Waals surface area contributed by atoms with Gasteiger partial charge < -0.3 is 19.3 Å². The van der Waals surface area contributed by atoms with Gasteiger partial charge in [-0.25, -0.2) is 16.8 Å². The molecule has 2 saturated heterocycles. The fraction of sp³-hybridized carbons (Fsp3) is 0.538. The number of ether oxygens (including phenoxy) is 2. The van der Waals surface area contributed by atoms with Crippen LogP contribution in [0.15, 0.2) is 41.6 Å². The van der Waals surface area contributed by atoms with E-state index >= 15 is 0 Å². The molecule has 12 heteroatoms. The zero-order chi connectivity index (χ0) is 27.1. The highest BCUT2D eigenvalue weighted by atomic mass is 32.2. The molecular formula is C26H33N3O7S2. The summed E-state index contributed by atoms with van der Waals surface area (Å²) in [7, 11) is -6.49. The fourth-order valence-electron chi connectivity index (χ4n) is 5.13. The van der Waals surface area contributed by atoms with Crippen LogP contribution in [-0.2, 0) is 24.5 Å². The van der Waals surface area contributed by atoms with Crippen molar-refractivity contribution >= 4 is 37.0 Å². The Morgan fingerprint density at radius 1 is 1.11 bits per heavy atom. The van der Waals surface area contributed by atoms with E-state index in [0.717, 1.165) is 5.69 Å². The Kier molecular flexibility index (Phi) is 7.29. The molecule has 3 aliphatic heterocycles. The zero-order valence-corrected chi connectivity index (χ0v) is 23.2. The van der Waals surface area contributed by atoms with Crippen LogP contribution >= 0.6 is 0 Å². The van der Waals surface area contributed by atoms with E-state index in [0.29, 0.717) is 62.7 Å². The molecule has 0 radical (unpaired) electrons. The van der Waals surface area contributed by atoms with Crippen molar-refractivity contribution in [3.8, 4) is 11.5 Å². The summed E-state index contributed by atoms with van der Waals surface area (Å²) in [5.41, 5.74) is 1.41. The second kappa shape index (κ2) is 10.4. The minimum atomic E-state index is -3.47. The van der Waals surface area contributed by atoms with Crippen LogP contribution < -0.4 is 14.4 Å². The number of aromatic nitrogens is 1. The number of pyridine rings is 1. The van der Waals surface area contributed by atoms with Crippen LogP contribution in [0.2, 0.25) is 0 Å². The van der Waals surface area contributed by atoms with Crippen molar-refractivity contribution in [2.24, 2.45) is 5.92 Å². The van der Waals surface area contributed by atoms with Gasteiger partial charge in [-0.1, -0.05) is 0 Å². The molecule has 38 heavy (non-hydrogen) atoms. The average molecular weight is 564 g/mol. The standard InChI is InChI=1S/C26H33N3O7S2/c1-18(2)38(33,34)23-13-20(15-27-16-23)29-9-10-35-25-4-3-21(14-24(25)29)36-22-5-8-28(17-22)26(30)19-6-11-37(31,32)12-7-19/h3-4,13-16,18-19,22H,5-12,17H2,1-2H3. The van der Waals surface area contributed by atoms with E-state index in [1.165, 1.54) is 6.20 Å². The number of amides is 1. The topological polar surface area (TPSA) is 123 Å². The fourth-order valence-corrected chi connectivity index (χ4v) is 7.66. The molecular weight excluding hydrogens is 530 g/mol. The molecule has 0 bridgehead atoms. The lowest BCUT2D eigenvalue weighted by Crippen LogP contribution is -2.39. The smallest absolute Gasteiger partial charge is 0.225 e. The van der Waals surface area contributed by atoms with E-state index in [2.05, 4.69) is 4.98 Å². The van der Waals surface area contributed by atoms with Crippen molar-refractivity contribution in [1.29, 1.82) is 0 Å². The second-order valence-electron chi connectivity index (χ2n) is 10.3. The first-order valence-electron chi connectivity index (χ1n) is 12.9. The number of benzene rings is 1. The van der Waals surface area contributed by atoms with Gasteiger partial charge in [0.25, 0.3) is 0 Å². The Morgan fingerprint density at radius 3 is 2.61 bits per heavy atom. The van der Waals surface area contributed by atoms with Gasteiger partial charge in [0.15, 0.2) is 9.84 Å². The number of sulfone groups is 2. The number of fused-ring (bicyclic) bond motifs is 1. The summed E-state index contributed by atoms with van der Waals surface area (Å²) >= 11 is 0. The number of nitrogens with zero attached hydrogens (tertiary/aromatic N) is 3. The Morgan fingerprint density at radius 2 is 1.87 bits per heavy atom. The first kappa shape index (κ1) is 26.7. The third-order valence-corrected chi connectivity index (χ3v) is 11.3. The highest BCUT2D eigenvalue weighted by molar-refractivity contribution is 7.92. The molecule has 5 rings (SSSR count). The first-order valence-corrected chi connectivity index (χ1v) is 16.3. The summed E-state index contributed by atoms with van der Waals surface area (Å²) in [6.07, 6.45) is 4.30. The van der Waals surface area contributed by atoms with Crippen molar-refractivity contribution in [2.45, 2.75) is 49.4 Å².